The Morgan fingerprint density at radius 1 is 0.793 bits per heavy atom. The molecule has 1 aliphatic rings. The fourth-order valence-corrected chi connectivity index (χ4v) is 9.33. The van der Waals surface area contributed by atoms with Crippen LogP contribution in [0.25, 0.3) is 0 Å². The summed E-state index contributed by atoms with van der Waals surface area (Å²) in [5.41, 5.74) is 2.83. The van der Waals surface area contributed by atoms with Crippen molar-refractivity contribution in [3.8, 4) is 0 Å². The van der Waals surface area contributed by atoms with Gasteiger partial charge in [0.1, 0.15) is 11.5 Å². The number of nitrogens with zero attached hydrogens (tertiary/aromatic N) is 2. The van der Waals surface area contributed by atoms with Crippen LogP contribution in [-0.4, -0.2) is 29.5 Å². The molecule has 1 saturated heterocycles. The van der Waals surface area contributed by atoms with E-state index in [2.05, 4.69) is 114 Å². The van der Waals surface area contributed by atoms with Gasteiger partial charge >= 0.3 is 0 Å². The summed E-state index contributed by atoms with van der Waals surface area (Å²) in [4.78, 5) is 0. The minimum atomic E-state index is -1.76. The van der Waals surface area contributed by atoms with Crippen LogP contribution in [0, 0.1) is 0 Å². The first kappa shape index (κ1) is 20.3. The van der Waals surface area contributed by atoms with Gasteiger partial charge < -0.3 is 0 Å². The second-order valence-electron chi connectivity index (χ2n) is 8.03. The van der Waals surface area contributed by atoms with Crippen molar-refractivity contribution in [2.45, 2.75) is 32.0 Å². The maximum atomic E-state index is 2.83. The predicted molar refractivity (Wildman–Crippen MR) is 127 cm³/mol. The summed E-state index contributed by atoms with van der Waals surface area (Å²) in [5, 5.41) is 1.50. The van der Waals surface area contributed by atoms with Gasteiger partial charge in [0.15, 0.2) is 7.56 Å². The van der Waals surface area contributed by atoms with Crippen LogP contribution in [0.15, 0.2) is 91.0 Å². The summed E-state index contributed by atoms with van der Waals surface area (Å²) in [6.45, 7) is 4.76. The Bertz CT molecular complexity index is 878. The Morgan fingerprint density at radius 3 is 1.90 bits per heavy atom. The van der Waals surface area contributed by atoms with Crippen LogP contribution in [0.2, 0.25) is 0 Å². The smallest absolute Gasteiger partial charge is 0.159 e. The van der Waals surface area contributed by atoms with E-state index in [1.54, 1.807) is 0 Å². The molecule has 29 heavy (non-hydrogen) atoms. The third-order valence-corrected chi connectivity index (χ3v) is 11.0. The number of rotatable bonds is 7. The molecule has 3 heteroatoms. The van der Waals surface area contributed by atoms with E-state index in [1.165, 1.54) is 42.4 Å². The van der Waals surface area contributed by atoms with Crippen molar-refractivity contribution in [1.29, 1.82) is 0 Å². The molecule has 1 heterocycles. The van der Waals surface area contributed by atoms with Gasteiger partial charge in [-0.1, -0.05) is 78.9 Å². The highest BCUT2D eigenvalue weighted by Gasteiger charge is 2.53. The molecule has 0 aromatic heterocycles. The summed E-state index contributed by atoms with van der Waals surface area (Å²) in [6.07, 6.45) is 3.69. The Hall–Kier alpha value is -1.99. The van der Waals surface area contributed by atoms with Crippen LogP contribution in [0.4, 0.5) is 0 Å². The highest BCUT2D eigenvalue weighted by Crippen LogP contribution is 2.68. The number of hydrogen-bond acceptors (Lipinski definition) is 2. The van der Waals surface area contributed by atoms with E-state index in [9.17, 15) is 0 Å². The molecule has 150 valence electrons. The molecule has 3 aromatic carbocycles. The maximum Gasteiger partial charge on any atom is 0.190 e. The summed E-state index contributed by atoms with van der Waals surface area (Å²) in [7, 11) is 0.597. The highest BCUT2D eigenvalue weighted by atomic mass is 31.2. The minimum absolute atomic E-state index is 0.356. The molecule has 0 radical (unpaired) electrons. The van der Waals surface area contributed by atoms with E-state index < -0.39 is 7.56 Å². The van der Waals surface area contributed by atoms with Crippen molar-refractivity contribution >= 4 is 12.9 Å². The summed E-state index contributed by atoms with van der Waals surface area (Å²) >= 11 is 0. The fraction of sp³-hybridized carbons (Fsp3) is 0.308. The number of hydrogen-bond donors (Lipinski definition) is 0. The Morgan fingerprint density at radius 2 is 1.31 bits per heavy atom. The van der Waals surface area contributed by atoms with Crippen molar-refractivity contribution in [3.63, 3.8) is 0 Å². The van der Waals surface area contributed by atoms with Crippen LogP contribution in [0.3, 0.4) is 0 Å². The molecule has 3 aromatic rings. The molecule has 2 nitrogen and oxygen atoms in total. The molecule has 4 rings (SSSR count). The van der Waals surface area contributed by atoms with Crippen LogP contribution >= 0.6 is 7.56 Å². The second kappa shape index (κ2) is 9.22. The first-order valence-corrected chi connectivity index (χ1v) is 12.6. The lowest BCUT2D eigenvalue weighted by molar-refractivity contribution is 0.388. The minimum Gasteiger partial charge on any atom is -0.159 e. The van der Waals surface area contributed by atoms with Gasteiger partial charge in [-0.2, -0.15) is 9.34 Å². The summed E-state index contributed by atoms with van der Waals surface area (Å²) in [5.74, 6) is 0. The zero-order valence-corrected chi connectivity index (χ0v) is 18.5. The van der Waals surface area contributed by atoms with Gasteiger partial charge in [0.2, 0.25) is 0 Å². The Balaban J connectivity index is 1.84. The first-order valence-electron chi connectivity index (χ1n) is 10.7. The predicted octanol–water partition coefficient (Wildman–Crippen LogP) is 6.15. The molecular weight excluding hydrogens is 371 g/mol. The normalized spacial score (nSPS) is 17.9. The summed E-state index contributed by atoms with van der Waals surface area (Å²) in [6, 6.07) is 33.7. The maximum absolute atomic E-state index is 2.83. The first-order chi connectivity index (χ1) is 14.2. The van der Waals surface area contributed by atoms with Crippen LogP contribution in [0.5, 0.6) is 0 Å². The average Bonchev–Trinajstić information content (AvgIpc) is 3.34. The molecule has 0 aliphatic carbocycles. The molecule has 2 atom stereocenters. The van der Waals surface area contributed by atoms with Crippen molar-refractivity contribution < 1.29 is 0 Å². The van der Waals surface area contributed by atoms with E-state index in [-0.39, 0.29) is 0 Å². The molecule has 2 unspecified atom stereocenters. The molecular formula is C26H32N2P+. The topological polar surface area (TPSA) is 6.48 Å². The Kier molecular flexibility index (Phi) is 6.45. The zero-order chi connectivity index (χ0) is 20.1. The quantitative estimate of drug-likeness (QED) is 0.437. The van der Waals surface area contributed by atoms with E-state index in [4.69, 9.17) is 0 Å². The molecule has 1 fully saturated rings. The van der Waals surface area contributed by atoms with E-state index in [1.807, 2.05) is 0 Å². The molecule has 0 amide bonds. The van der Waals surface area contributed by atoms with Gasteiger partial charge in [0.05, 0.1) is 6.04 Å². The Labute approximate surface area is 176 Å². The van der Waals surface area contributed by atoms with Gasteiger partial charge in [-0.15, -0.1) is 0 Å². The van der Waals surface area contributed by atoms with Gasteiger partial charge in [0, 0.05) is 20.1 Å². The molecule has 0 bridgehead atoms. The lowest BCUT2D eigenvalue weighted by atomic mass is 10.1. The average molecular weight is 404 g/mol. The van der Waals surface area contributed by atoms with E-state index in [0.29, 0.717) is 6.04 Å². The standard InChI is InChI=1S/C26H32N2P/c1-23(25-16-8-4-9-17-25)27(2)29(28-20-12-13-21-28,26-18-10-5-11-19-26)22-24-14-6-3-7-15-24/h3-11,14-19,23H,12-13,20-22H2,1-2H3/q+1. The zero-order valence-electron chi connectivity index (χ0n) is 17.6. The van der Waals surface area contributed by atoms with Crippen molar-refractivity contribution in [2.75, 3.05) is 20.1 Å². The lowest BCUT2D eigenvalue weighted by Gasteiger charge is -2.42. The van der Waals surface area contributed by atoms with Gasteiger partial charge in [-0.25, -0.2) is 0 Å². The monoisotopic (exact) mass is 403 g/mol. The molecule has 0 N–H and O–H groups in total. The van der Waals surface area contributed by atoms with Crippen molar-refractivity contribution in [3.05, 3.63) is 102 Å². The van der Waals surface area contributed by atoms with Gasteiger partial charge in [-0.3, -0.25) is 0 Å². The van der Waals surface area contributed by atoms with Crippen molar-refractivity contribution in [1.82, 2.24) is 9.34 Å². The number of benzene rings is 3. The van der Waals surface area contributed by atoms with E-state index >= 15 is 0 Å². The largest absolute Gasteiger partial charge is 0.190 e. The van der Waals surface area contributed by atoms with Crippen molar-refractivity contribution in [2.24, 2.45) is 0 Å². The lowest BCUT2D eigenvalue weighted by Crippen LogP contribution is -2.41. The SMILES string of the molecule is CC(c1ccccc1)N(C)[P+](Cc1ccccc1)(c1ccccc1)N1CCCC1. The third kappa shape index (κ3) is 4.16. The van der Waals surface area contributed by atoms with Gasteiger partial charge in [-0.05, 0) is 43.0 Å². The molecule has 0 spiro atoms. The molecule has 1 aliphatic heterocycles. The van der Waals surface area contributed by atoms with Crippen LogP contribution in [-0.2, 0) is 6.16 Å². The van der Waals surface area contributed by atoms with E-state index in [0.717, 1.165) is 6.16 Å². The third-order valence-electron chi connectivity index (χ3n) is 6.33. The van der Waals surface area contributed by atoms with Crippen LogP contribution in [0.1, 0.15) is 36.9 Å². The highest BCUT2D eigenvalue weighted by molar-refractivity contribution is 7.78. The van der Waals surface area contributed by atoms with Gasteiger partial charge in [0.25, 0.3) is 0 Å². The molecule has 0 saturated carbocycles. The second-order valence-corrected chi connectivity index (χ2v) is 11.5. The fourth-order valence-electron chi connectivity index (χ4n) is 4.62. The van der Waals surface area contributed by atoms with Crippen LogP contribution < -0.4 is 5.30 Å². The summed E-state index contributed by atoms with van der Waals surface area (Å²) < 4.78 is 5.55.